The van der Waals surface area contributed by atoms with E-state index < -0.39 is 0 Å². The first-order valence-corrected chi connectivity index (χ1v) is 4.76. The van der Waals surface area contributed by atoms with Crippen molar-refractivity contribution in [1.29, 1.82) is 0 Å². The minimum atomic E-state index is 0.0468. The molecule has 2 unspecified atom stereocenters. The second-order valence-corrected chi connectivity index (χ2v) is 4.72. The van der Waals surface area contributed by atoms with Crippen LogP contribution in [-0.2, 0) is 4.79 Å². The zero-order valence-corrected chi connectivity index (χ0v) is 8.71. The maximum atomic E-state index is 10.8. The molecule has 1 rings (SSSR count). The molecule has 0 heterocycles. The van der Waals surface area contributed by atoms with E-state index in [1.165, 1.54) is 0 Å². The average molecular weight is 178 g/mol. The minimum absolute atomic E-state index is 0.0468. The summed E-state index contributed by atoms with van der Waals surface area (Å²) in [7, 11) is 0. The van der Waals surface area contributed by atoms with Crippen LogP contribution in [0.5, 0.6) is 0 Å². The van der Waals surface area contributed by atoms with Crippen LogP contribution < -0.4 is 0 Å². The van der Waals surface area contributed by atoms with E-state index in [1.807, 2.05) is 13.0 Å². The Bertz CT molecular complexity index is 248. The molecule has 0 aromatic rings. The van der Waals surface area contributed by atoms with Crippen LogP contribution in [0.4, 0.5) is 0 Å². The largest absolute Gasteiger partial charge is 0.303 e. The fourth-order valence-electron chi connectivity index (χ4n) is 1.92. The van der Waals surface area contributed by atoms with Gasteiger partial charge in [-0.05, 0) is 24.7 Å². The van der Waals surface area contributed by atoms with Gasteiger partial charge >= 0.3 is 0 Å². The molecule has 1 nitrogen and oxygen atoms in total. The zero-order valence-electron chi connectivity index (χ0n) is 8.71. The molecule has 0 aromatic carbocycles. The van der Waals surface area contributed by atoms with Crippen molar-refractivity contribution in [2.75, 3.05) is 0 Å². The highest BCUT2D eigenvalue weighted by Crippen LogP contribution is 2.38. The lowest BCUT2D eigenvalue weighted by Gasteiger charge is -2.34. The Morgan fingerprint density at radius 3 is 2.69 bits per heavy atom. The standard InChI is InChI=1S/C12H18O/c1-9(2)11-7-12(3,4)6-5-10(11)8-13/h5-6,8,10-11H,1,7H2,2-4H3. The van der Waals surface area contributed by atoms with Crippen LogP contribution in [0.25, 0.3) is 0 Å². The third kappa shape index (κ3) is 2.30. The molecule has 1 aliphatic rings. The Labute approximate surface area is 80.5 Å². The lowest BCUT2D eigenvalue weighted by Crippen LogP contribution is -2.26. The van der Waals surface area contributed by atoms with Gasteiger partial charge < -0.3 is 4.79 Å². The van der Waals surface area contributed by atoms with Gasteiger partial charge in [0.1, 0.15) is 6.29 Å². The highest BCUT2D eigenvalue weighted by atomic mass is 16.1. The molecule has 0 bridgehead atoms. The summed E-state index contributed by atoms with van der Waals surface area (Å²) in [6, 6.07) is 0. The van der Waals surface area contributed by atoms with E-state index in [9.17, 15) is 4.79 Å². The van der Waals surface area contributed by atoms with Gasteiger partial charge in [-0.15, -0.1) is 0 Å². The molecule has 0 saturated heterocycles. The van der Waals surface area contributed by atoms with Gasteiger partial charge in [0, 0.05) is 5.92 Å². The van der Waals surface area contributed by atoms with Gasteiger partial charge in [0.25, 0.3) is 0 Å². The summed E-state index contributed by atoms with van der Waals surface area (Å²) >= 11 is 0. The van der Waals surface area contributed by atoms with Gasteiger partial charge in [0.05, 0.1) is 0 Å². The smallest absolute Gasteiger partial charge is 0.127 e. The monoisotopic (exact) mass is 178 g/mol. The fourth-order valence-corrected chi connectivity index (χ4v) is 1.92. The maximum Gasteiger partial charge on any atom is 0.127 e. The first-order chi connectivity index (χ1) is 5.96. The molecule has 2 atom stereocenters. The summed E-state index contributed by atoms with van der Waals surface area (Å²) in [5, 5.41) is 0. The van der Waals surface area contributed by atoms with Crippen LogP contribution in [0.3, 0.4) is 0 Å². The van der Waals surface area contributed by atoms with Gasteiger partial charge in [-0.2, -0.15) is 0 Å². The van der Waals surface area contributed by atoms with Crippen molar-refractivity contribution in [3.8, 4) is 0 Å². The molecule has 0 fully saturated rings. The van der Waals surface area contributed by atoms with Crippen molar-refractivity contribution < 1.29 is 4.79 Å². The maximum absolute atomic E-state index is 10.8. The Kier molecular flexibility index (Phi) is 2.74. The fraction of sp³-hybridized carbons (Fsp3) is 0.583. The predicted molar refractivity (Wildman–Crippen MR) is 55.4 cm³/mol. The van der Waals surface area contributed by atoms with E-state index in [1.54, 1.807) is 0 Å². The molecule has 13 heavy (non-hydrogen) atoms. The van der Waals surface area contributed by atoms with Gasteiger partial charge in [-0.25, -0.2) is 0 Å². The van der Waals surface area contributed by atoms with E-state index in [0.717, 1.165) is 18.3 Å². The van der Waals surface area contributed by atoms with Crippen LogP contribution in [0, 0.1) is 17.3 Å². The summed E-state index contributed by atoms with van der Waals surface area (Å²) in [6.45, 7) is 10.3. The van der Waals surface area contributed by atoms with Crippen LogP contribution in [0.1, 0.15) is 27.2 Å². The van der Waals surface area contributed by atoms with Crippen LogP contribution in [-0.4, -0.2) is 6.29 Å². The molecule has 0 saturated carbocycles. The zero-order chi connectivity index (χ0) is 10.1. The van der Waals surface area contributed by atoms with Crippen LogP contribution in [0.15, 0.2) is 24.3 Å². The normalized spacial score (nSPS) is 31.3. The van der Waals surface area contributed by atoms with Gasteiger partial charge in [-0.1, -0.05) is 38.2 Å². The van der Waals surface area contributed by atoms with Crippen LogP contribution in [0.2, 0.25) is 0 Å². The van der Waals surface area contributed by atoms with E-state index in [-0.39, 0.29) is 11.3 Å². The third-order valence-corrected chi connectivity index (χ3v) is 2.77. The second-order valence-electron chi connectivity index (χ2n) is 4.72. The Hall–Kier alpha value is -0.850. The van der Waals surface area contributed by atoms with Crippen LogP contribution >= 0.6 is 0 Å². The summed E-state index contributed by atoms with van der Waals surface area (Å²) in [5.74, 6) is 0.378. The van der Waals surface area contributed by atoms with Crippen molar-refractivity contribution in [3.05, 3.63) is 24.3 Å². The van der Waals surface area contributed by atoms with Crippen molar-refractivity contribution in [1.82, 2.24) is 0 Å². The summed E-state index contributed by atoms with van der Waals surface area (Å²) in [6.07, 6.45) is 6.23. The number of allylic oxidation sites excluding steroid dienone is 3. The Balaban J connectivity index is 2.89. The number of hydrogen-bond donors (Lipinski definition) is 0. The number of rotatable bonds is 2. The SMILES string of the molecule is C=C(C)C1CC(C)(C)C=CC1C=O. The molecule has 1 aliphatic carbocycles. The number of aldehydes is 1. The molecule has 0 amide bonds. The molecule has 0 spiro atoms. The highest BCUT2D eigenvalue weighted by molar-refractivity contribution is 5.58. The van der Waals surface area contributed by atoms with E-state index in [2.05, 4.69) is 26.5 Å². The number of carbonyl (C=O) groups excluding carboxylic acids is 1. The third-order valence-electron chi connectivity index (χ3n) is 2.77. The molecular formula is C12H18O. The van der Waals surface area contributed by atoms with Gasteiger partial charge in [-0.3, -0.25) is 0 Å². The molecule has 0 aliphatic heterocycles. The molecule has 72 valence electrons. The molecule has 0 N–H and O–H groups in total. The van der Waals surface area contributed by atoms with E-state index in [0.29, 0.717) is 5.92 Å². The lowest BCUT2D eigenvalue weighted by molar-refractivity contribution is -0.111. The topological polar surface area (TPSA) is 17.1 Å². The van der Waals surface area contributed by atoms with Crippen molar-refractivity contribution in [3.63, 3.8) is 0 Å². The summed E-state index contributed by atoms with van der Waals surface area (Å²) in [4.78, 5) is 10.8. The van der Waals surface area contributed by atoms with Crippen molar-refractivity contribution >= 4 is 6.29 Å². The van der Waals surface area contributed by atoms with Gasteiger partial charge in [0.2, 0.25) is 0 Å². The first-order valence-electron chi connectivity index (χ1n) is 4.76. The molecule has 1 heteroatoms. The Morgan fingerprint density at radius 2 is 2.23 bits per heavy atom. The van der Waals surface area contributed by atoms with E-state index in [4.69, 9.17) is 0 Å². The molecule has 0 aromatic heterocycles. The summed E-state index contributed by atoms with van der Waals surface area (Å²) < 4.78 is 0. The molecule has 0 radical (unpaired) electrons. The molecular weight excluding hydrogens is 160 g/mol. The average Bonchev–Trinajstić information content (AvgIpc) is 2.03. The second kappa shape index (κ2) is 3.49. The van der Waals surface area contributed by atoms with Crippen molar-refractivity contribution in [2.45, 2.75) is 27.2 Å². The number of hydrogen-bond acceptors (Lipinski definition) is 1. The Morgan fingerprint density at radius 1 is 1.62 bits per heavy atom. The first kappa shape index (κ1) is 10.2. The predicted octanol–water partition coefficient (Wildman–Crippen LogP) is 2.98. The van der Waals surface area contributed by atoms with Gasteiger partial charge in [0.15, 0.2) is 0 Å². The quantitative estimate of drug-likeness (QED) is 0.469. The van der Waals surface area contributed by atoms with Crippen molar-refractivity contribution in [2.24, 2.45) is 17.3 Å². The minimum Gasteiger partial charge on any atom is -0.303 e. The highest BCUT2D eigenvalue weighted by Gasteiger charge is 2.30. The number of carbonyl (C=O) groups is 1. The lowest BCUT2D eigenvalue weighted by atomic mass is 9.70. The summed E-state index contributed by atoms with van der Waals surface area (Å²) in [5.41, 5.74) is 1.33. The van der Waals surface area contributed by atoms with E-state index >= 15 is 0 Å².